The lowest BCUT2D eigenvalue weighted by molar-refractivity contribution is -0.137. The van der Waals surface area contributed by atoms with Gasteiger partial charge >= 0.3 is 0 Å². The van der Waals surface area contributed by atoms with E-state index in [0.29, 0.717) is 12.8 Å². The highest BCUT2D eigenvalue weighted by Gasteiger charge is 2.57. The lowest BCUT2D eigenvalue weighted by Crippen LogP contribution is -2.50. The van der Waals surface area contributed by atoms with Crippen LogP contribution in [0.4, 0.5) is 5.69 Å². The Kier molecular flexibility index (Phi) is 4.29. The number of hydrogen-bond donors (Lipinski definition) is 3. The van der Waals surface area contributed by atoms with Gasteiger partial charge in [0.1, 0.15) is 0 Å². The molecular formula is C17H25N3O2. The van der Waals surface area contributed by atoms with E-state index < -0.39 is 10.8 Å². The van der Waals surface area contributed by atoms with Crippen molar-refractivity contribution in [1.29, 1.82) is 0 Å². The van der Waals surface area contributed by atoms with Crippen molar-refractivity contribution >= 4 is 17.5 Å². The first-order chi connectivity index (χ1) is 10.2. The number of carbonyl (C=O) groups is 2. The Morgan fingerprint density at radius 1 is 1.18 bits per heavy atom. The number of aryl methyl sites for hydroxylation is 1. The Balaban J connectivity index is 2.17. The topological polar surface area (TPSA) is 84.2 Å². The van der Waals surface area contributed by atoms with Crippen LogP contribution in [0, 0.1) is 23.7 Å². The third-order valence-corrected chi connectivity index (χ3v) is 5.49. The molecule has 0 heterocycles. The molecule has 1 aliphatic carbocycles. The molecule has 2 atom stereocenters. The molecule has 0 aromatic heterocycles. The van der Waals surface area contributed by atoms with Crippen molar-refractivity contribution in [3.8, 4) is 0 Å². The zero-order valence-electron chi connectivity index (χ0n) is 13.7. The van der Waals surface area contributed by atoms with Gasteiger partial charge < -0.3 is 5.32 Å². The Bertz CT molecular complexity index is 580. The maximum atomic E-state index is 12.6. The fraction of sp³-hybridized carbons (Fsp3) is 0.529. The number of benzene rings is 1. The summed E-state index contributed by atoms with van der Waals surface area (Å²) in [7, 11) is 0. The molecule has 5 nitrogen and oxygen atoms in total. The molecule has 0 spiro atoms. The summed E-state index contributed by atoms with van der Waals surface area (Å²) in [5, 5.41) is 2.96. The average molecular weight is 303 g/mol. The van der Waals surface area contributed by atoms with Gasteiger partial charge in [0.05, 0.1) is 5.41 Å². The summed E-state index contributed by atoms with van der Waals surface area (Å²) in [4.78, 5) is 24.8. The zero-order valence-corrected chi connectivity index (χ0v) is 13.7. The monoisotopic (exact) mass is 303 g/mol. The molecule has 2 amide bonds. The molecule has 1 aromatic rings. The normalized spacial score (nSPS) is 26.5. The maximum Gasteiger partial charge on any atom is 0.240 e. The number of nitrogens with one attached hydrogen (secondary N) is 2. The van der Waals surface area contributed by atoms with Crippen molar-refractivity contribution in [2.24, 2.45) is 22.6 Å². The van der Waals surface area contributed by atoms with Crippen LogP contribution >= 0.6 is 0 Å². The molecule has 5 heteroatoms. The van der Waals surface area contributed by atoms with Gasteiger partial charge in [0, 0.05) is 11.6 Å². The van der Waals surface area contributed by atoms with Gasteiger partial charge in [0.25, 0.3) is 0 Å². The summed E-state index contributed by atoms with van der Waals surface area (Å²) < 4.78 is 0. The summed E-state index contributed by atoms with van der Waals surface area (Å²) in [6.45, 7) is 7.82. The highest BCUT2D eigenvalue weighted by molar-refractivity contribution is 5.95. The molecule has 22 heavy (non-hydrogen) atoms. The minimum atomic E-state index is -0.642. The van der Waals surface area contributed by atoms with Crippen LogP contribution in [-0.2, 0) is 9.59 Å². The van der Waals surface area contributed by atoms with Crippen molar-refractivity contribution < 1.29 is 9.59 Å². The smallest absolute Gasteiger partial charge is 0.240 e. The molecule has 1 fully saturated rings. The van der Waals surface area contributed by atoms with Gasteiger partial charge in [-0.2, -0.15) is 0 Å². The summed E-state index contributed by atoms with van der Waals surface area (Å²) in [5.41, 5.74) is 3.06. The molecular weight excluding hydrogens is 278 g/mol. The van der Waals surface area contributed by atoms with E-state index in [4.69, 9.17) is 5.84 Å². The SMILES string of the molecule is Cc1ccc(NC(=O)[C@H]2CC[C@@](C)(C(=O)NN)C2(C)C)cc1. The molecule has 0 bridgehead atoms. The molecule has 0 radical (unpaired) electrons. The van der Waals surface area contributed by atoms with Crippen LogP contribution in [0.2, 0.25) is 0 Å². The van der Waals surface area contributed by atoms with Crippen LogP contribution in [0.15, 0.2) is 24.3 Å². The quantitative estimate of drug-likeness (QED) is 0.455. The second-order valence-corrected chi connectivity index (χ2v) is 6.97. The van der Waals surface area contributed by atoms with Gasteiger partial charge in [-0.3, -0.25) is 15.0 Å². The predicted molar refractivity (Wildman–Crippen MR) is 86.8 cm³/mol. The summed E-state index contributed by atoms with van der Waals surface area (Å²) in [5.74, 6) is 4.85. The van der Waals surface area contributed by atoms with Gasteiger partial charge in [-0.15, -0.1) is 0 Å². The van der Waals surface area contributed by atoms with Crippen molar-refractivity contribution in [1.82, 2.24) is 5.43 Å². The fourth-order valence-electron chi connectivity index (χ4n) is 3.39. The first-order valence-corrected chi connectivity index (χ1v) is 7.61. The van der Waals surface area contributed by atoms with Crippen LogP contribution in [-0.4, -0.2) is 11.8 Å². The second kappa shape index (κ2) is 5.72. The van der Waals surface area contributed by atoms with Gasteiger partial charge in [0.15, 0.2) is 0 Å². The van der Waals surface area contributed by atoms with E-state index in [0.717, 1.165) is 11.3 Å². The summed E-state index contributed by atoms with van der Waals surface area (Å²) in [6, 6.07) is 7.70. The number of carbonyl (C=O) groups excluding carboxylic acids is 2. The van der Waals surface area contributed by atoms with E-state index >= 15 is 0 Å². The van der Waals surface area contributed by atoms with Crippen molar-refractivity contribution in [2.75, 3.05) is 5.32 Å². The molecule has 1 saturated carbocycles. The first-order valence-electron chi connectivity index (χ1n) is 7.61. The van der Waals surface area contributed by atoms with Gasteiger partial charge in [-0.25, -0.2) is 5.84 Å². The number of nitrogens with two attached hydrogens (primary N) is 1. The van der Waals surface area contributed by atoms with E-state index in [2.05, 4.69) is 10.7 Å². The van der Waals surface area contributed by atoms with Crippen LogP contribution < -0.4 is 16.6 Å². The van der Waals surface area contributed by atoms with Crippen LogP contribution in [0.1, 0.15) is 39.2 Å². The van der Waals surface area contributed by atoms with Crippen LogP contribution in [0.3, 0.4) is 0 Å². The molecule has 1 aliphatic rings. The van der Waals surface area contributed by atoms with Crippen molar-refractivity contribution in [2.45, 2.75) is 40.5 Å². The predicted octanol–water partition coefficient (Wildman–Crippen LogP) is 2.37. The largest absolute Gasteiger partial charge is 0.326 e. The van der Waals surface area contributed by atoms with Crippen molar-refractivity contribution in [3.63, 3.8) is 0 Å². The molecule has 1 aromatic carbocycles. The molecule has 120 valence electrons. The standard InChI is InChI=1S/C17H25N3O2/c1-11-5-7-12(8-6-11)19-14(21)13-9-10-17(4,15(22)20-18)16(13,2)3/h5-8,13H,9-10,18H2,1-4H3,(H,19,21)(H,20,22)/t13-,17+/m1/s1. The Morgan fingerprint density at radius 2 is 1.77 bits per heavy atom. The van der Waals surface area contributed by atoms with Gasteiger partial charge in [-0.1, -0.05) is 38.5 Å². The van der Waals surface area contributed by atoms with E-state index in [-0.39, 0.29) is 17.7 Å². The van der Waals surface area contributed by atoms with Gasteiger partial charge in [0.2, 0.25) is 11.8 Å². The molecule has 0 unspecified atom stereocenters. The Morgan fingerprint density at radius 3 is 2.32 bits per heavy atom. The lowest BCUT2D eigenvalue weighted by Gasteiger charge is -2.39. The van der Waals surface area contributed by atoms with Crippen LogP contribution in [0.5, 0.6) is 0 Å². The average Bonchev–Trinajstić information content (AvgIpc) is 2.72. The Labute approximate surface area is 131 Å². The molecule has 0 aliphatic heterocycles. The van der Waals surface area contributed by atoms with Crippen LogP contribution in [0.25, 0.3) is 0 Å². The summed E-state index contributed by atoms with van der Waals surface area (Å²) in [6.07, 6.45) is 1.32. The number of hydrazine groups is 1. The van der Waals surface area contributed by atoms with E-state index in [9.17, 15) is 9.59 Å². The van der Waals surface area contributed by atoms with E-state index in [1.54, 1.807) is 0 Å². The zero-order chi connectivity index (χ0) is 16.5. The molecule has 2 rings (SSSR count). The minimum Gasteiger partial charge on any atom is -0.326 e. The highest BCUT2D eigenvalue weighted by Crippen LogP contribution is 2.56. The van der Waals surface area contributed by atoms with Crippen molar-refractivity contribution in [3.05, 3.63) is 29.8 Å². The van der Waals surface area contributed by atoms with E-state index in [1.807, 2.05) is 52.0 Å². The number of hydrogen-bond acceptors (Lipinski definition) is 3. The lowest BCUT2D eigenvalue weighted by atomic mass is 9.65. The van der Waals surface area contributed by atoms with E-state index in [1.165, 1.54) is 0 Å². The third-order valence-electron chi connectivity index (χ3n) is 5.49. The maximum absolute atomic E-state index is 12.6. The molecule has 4 N–H and O–H groups in total. The minimum absolute atomic E-state index is 0.0394. The second-order valence-electron chi connectivity index (χ2n) is 6.97. The summed E-state index contributed by atoms with van der Waals surface area (Å²) >= 11 is 0. The number of anilines is 1. The Hall–Kier alpha value is -1.88. The van der Waals surface area contributed by atoms with Gasteiger partial charge in [-0.05, 0) is 37.3 Å². The number of amides is 2. The number of rotatable bonds is 3. The third kappa shape index (κ3) is 2.61. The molecule has 0 saturated heterocycles. The highest BCUT2D eigenvalue weighted by atomic mass is 16.2. The first kappa shape index (κ1) is 16.5. The fourth-order valence-corrected chi connectivity index (χ4v) is 3.39.